The number of aliphatic imine (C=N–C) groups is 1. The first-order valence-electron chi connectivity index (χ1n) is 9.24. The van der Waals surface area contributed by atoms with Crippen LogP contribution in [0.15, 0.2) is 17.1 Å². The van der Waals surface area contributed by atoms with Gasteiger partial charge in [-0.2, -0.15) is 11.8 Å². The number of nitrogens with zero attached hydrogens (tertiary/aromatic N) is 1. The molecule has 1 aromatic rings. The number of phenols is 1. The molecule has 1 unspecified atom stereocenters. The molecule has 1 aromatic carbocycles. The van der Waals surface area contributed by atoms with Crippen molar-refractivity contribution in [2.24, 2.45) is 4.99 Å². The lowest BCUT2D eigenvalue weighted by Crippen LogP contribution is -2.40. The number of fused-ring (bicyclic) bond motifs is 1. The van der Waals surface area contributed by atoms with Gasteiger partial charge in [0.1, 0.15) is 5.75 Å². The lowest BCUT2D eigenvalue weighted by atomic mass is 9.88. The molecular weight excluding hydrogens is 445 g/mol. The van der Waals surface area contributed by atoms with E-state index in [0.29, 0.717) is 17.5 Å². The van der Waals surface area contributed by atoms with Crippen LogP contribution in [-0.2, 0) is 19.4 Å². The van der Waals surface area contributed by atoms with E-state index in [1.54, 1.807) is 0 Å². The molecule has 0 bridgehead atoms. The van der Waals surface area contributed by atoms with E-state index in [1.807, 2.05) is 6.07 Å². The number of aryl methyl sites for hydroxylation is 1. The second kappa shape index (κ2) is 10.5. The van der Waals surface area contributed by atoms with Crippen molar-refractivity contribution in [1.29, 1.82) is 0 Å². The van der Waals surface area contributed by atoms with Crippen molar-refractivity contribution in [2.45, 2.75) is 57.2 Å². The molecule has 140 valence electrons. The highest BCUT2D eigenvalue weighted by molar-refractivity contribution is 14.0. The van der Waals surface area contributed by atoms with Crippen LogP contribution in [0, 0.1) is 0 Å². The Hall–Kier alpha value is -0.630. The molecule has 0 saturated carbocycles. The van der Waals surface area contributed by atoms with Crippen molar-refractivity contribution in [3.05, 3.63) is 28.8 Å². The molecule has 0 amide bonds. The Morgan fingerprint density at radius 2 is 2.08 bits per heavy atom. The van der Waals surface area contributed by atoms with E-state index >= 15 is 0 Å². The fourth-order valence-corrected chi connectivity index (χ4v) is 4.79. The van der Waals surface area contributed by atoms with Crippen molar-refractivity contribution >= 4 is 41.7 Å². The lowest BCUT2D eigenvalue weighted by molar-refractivity contribution is 0.465. The molecule has 0 spiro atoms. The van der Waals surface area contributed by atoms with Crippen LogP contribution in [0.2, 0.25) is 0 Å². The zero-order chi connectivity index (χ0) is 16.8. The average Bonchev–Trinajstić information content (AvgIpc) is 3.12. The van der Waals surface area contributed by atoms with Gasteiger partial charge in [0.15, 0.2) is 5.96 Å². The van der Waals surface area contributed by atoms with E-state index in [-0.39, 0.29) is 24.0 Å². The van der Waals surface area contributed by atoms with Gasteiger partial charge in [-0.05, 0) is 68.4 Å². The van der Waals surface area contributed by atoms with Gasteiger partial charge in [0.05, 0.1) is 6.54 Å². The molecule has 0 radical (unpaired) electrons. The summed E-state index contributed by atoms with van der Waals surface area (Å²) >= 11 is 2.05. The first kappa shape index (κ1) is 20.7. The Morgan fingerprint density at radius 3 is 2.84 bits per heavy atom. The van der Waals surface area contributed by atoms with Crippen molar-refractivity contribution in [2.75, 3.05) is 18.8 Å². The fraction of sp³-hybridized carbons (Fsp3) is 0.632. The van der Waals surface area contributed by atoms with Gasteiger partial charge in [0.2, 0.25) is 0 Å². The molecule has 1 saturated heterocycles. The zero-order valence-corrected chi connectivity index (χ0v) is 18.2. The molecule has 2 aliphatic rings. The maximum Gasteiger partial charge on any atom is 0.191 e. The van der Waals surface area contributed by atoms with Crippen LogP contribution in [0.4, 0.5) is 0 Å². The lowest BCUT2D eigenvalue weighted by Gasteiger charge is -2.20. The highest BCUT2D eigenvalue weighted by Crippen LogP contribution is 2.31. The first-order chi connectivity index (χ1) is 11.8. The van der Waals surface area contributed by atoms with Gasteiger partial charge in [0.25, 0.3) is 0 Å². The molecule has 1 atom stereocenters. The summed E-state index contributed by atoms with van der Waals surface area (Å²) in [7, 11) is 0. The molecule has 3 rings (SSSR count). The predicted molar refractivity (Wildman–Crippen MR) is 118 cm³/mol. The van der Waals surface area contributed by atoms with Crippen LogP contribution in [-0.4, -0.2) is 35.2 Å². The van der Waals surface area contributed by atoms with Gasteiger partial charge in [-0.25, -0.2) is 4.99 Å². The van der Waals surface area contributed by atoms with Crippen LogP contribution in [0.25, 0.3) is 0 Å². The number of thioether (sulfide) groups is 1. The Morgan fingerprint density at radius 1 is 1.24 bits per heavy atom. The zero-order valence-electron chi connectivity index (χ0n) is 15.0. The van der Waals surface area contributed by atoms with Crippen molar-refractivity contribution in [3.63, 3.8) is 0 Å². The summed E-state index contributed by atoms with van der Waals surface area (Å²) < 4.78 is 0. The van der Waals surface area contributed by atoms with Crippen LogP contribution in [0.5, 0.6) is 5.75 Å². The molecule has 3 N–H and O–H groups in total. The maximum absolute atomic E-state index is 10.3. The maximum atomic E-state index is 10.3. The fourth-order valence-electron chi connectivity index (χ4n) is 3.58. The molecular formula is C19H30IN3OS. The van der Waals surface area contributed by atoms with Crippen LogP contribution in [0.1, 0.15) is 49.3 Å². The van der Waals surface area contributed by atoms with E-state index in [9.17, 15) is 5.11 Å². The summed E-state index contributed by atoms with van der Waals surface area (Å²) in [5.74, 6) is 2.53. The van der Waals surface area contributed by atoms with E-state index in [0.717, 1.165) is 37.5 Å². The summed E-state index contributed by atoms with van der Waals surface area (Å²) in [5, 5.41) is 17.8. The van der Waals surface area contributed by atoms with Crippen LogP contribution < -0.4 is 10.6 Å². The molecule has 25 heavy (non-hydrogen) atoms. The molecule has 1 heterocycles. The van der Waals surface area contributed by atoms with Crippen molar-refractivity contribution in [3.8, 4) is 5.75 Å². The van der Waals surface area contributed by atoms with Gasteiger partial charge >= 0.3 is 0 Å². The number of rotatable bonds is 5. The van der Waals surface area contributed by atoms with Gasteiger partial charge < -0.3 is 15.7 Å². The standard InChI is InChI=1S/C19H29N3OS.HI/c1-2-20-19(21-12-15-7-5-11-24-15)22-13-17-16-8-4-3-6-14(16)9-10-18(17)23;/h9-10,15,23H,2-8,11-13H2,1H3,(H2,20,21,22);1H. The topological polar surface area (TPSA) is 56.7 Å². The minimum atomic E-state index is 0. The Bertz CT molecular complexity index is 588. The number of aromatic hydroxyl groups is 1. The monoisotopic (exact) mass is 475 g/mol. The Labute approximate surface area is 172 Å². The summed E-state index contributed by atoms with van der Waals surface area (Å²) in [6.45, 7) is 4.45. The molecule has 1 aliphatic heterocycles. The highest BCUT2D eigenvalue weighted by Gasteiger charge is 2.17. The van der Waals surface area contributed by atoms with Gasteiger partial charge in [-0.15, -0.1) is 24.0 Å². The quantitative estimate of drug-likeness (QED) is 0.344. The minimum absolute atomic E-state index is 0. The number of hydrogen-bond acceptors (Lipinski definition) is 3. The second-order valence-corrected chi connectivity index (χ2v) is 8.03. The van der Waals surface area contributed by atoms with E-state index in [1.165, 1.54) is 42.6 Å². The molecule has 1 aliphatic carbocycles. The van der Waals surface area contributed by atoms with Gasteiger partial charge in [0, 0.05) is 23.9 Å². The smallest absolute Gasteiger partial charge is 0.191 e. The second-order valence-electron chi connectivity index (χ2n) is 6.62. The number of nitrogens with one attached hydrogen (secondary N) is 2. The van der Waals surface area contributed by atoms with Crippen molar-refractivity contribution in [1.82, 2.24) is 10.6 Å². The third-order valence-corrected chi connectivity index (χ3v) is 6.29. The summed E-state index contributed by atoms with van der Waals surface area (Å²) in [6, 6.07) is 3.92. The van der Waals surface area contributed by atoms with Gasteiger partial charge in [-0.3, -0.25) is 0 Å². The average molecular weight is 475 g/mol. The Kier molecular flexibility index (Phi) is 8.69. The first-order valence-corrected chi connectivity index (χ1v) is 10.3. The minimum Gasteiger partial charge on any atom is -0.508 e. The Balaban J connectivity index is 0.00000225. The summed E-state index contributed by atoms with van der Waals surface area (Å²) in [4.78, 5) is 4.74. The van der Waals surface area contributed by atoms with E-state index in [4.69, 9.17) is 4.99 Å². The SMILES string of the molecule is CCNC(=NCc1c(O)ccc2c1CCCC2)NCC1CCCS1.I. The molecule has 6 heteroatoms. The number of benzene rings is 1. The van der Waals surface area contributed by atoms with E-state index < -0.39 is 0 Å². The van der Waals surface area contributed by atoms with Crippen LogP contribution in [0.3, 0.4) is 0 Å². The third kappa shape index (κ3) is 5.67. The van der Waals surface area contributed by atoms with Crippen molar-refractivity contribution < 1.29 is 5.11 Å². The molecule has 0 aromatic heterocycles. The number of hydrogen-bond donors (Lipinski definition) is 3. The number of guanidine groups is 1. The molecule has 1 fully saturated rings. The summed E-state index contributed by atoms with van der Waals surface area (Å²) in [5.41, 5.74) is 3.73. The van der Waals surface area contributed by atoms with E-state index in [2.05, 4.69) is 35.4 Å². The largest absolute Gasteiger partial charge is 0.508 e. The van der Waals surface area contributed by atoms with Crippen LogP contribution >= 0.6 is 35.7 Å². The number of halogens is 1. The highest BCUT2D eigenvalue weighted by atomic mass is 127. The predicted octanol–water partition coefficient (Wildman–Crippen LogP) is 3.84. The normalized spacial score (nSPS) is 19.9. The third-order valence-electron chi connectivity index (χ3n) is 4.89. The van der Waals surface area contributed by atoms with Gasteiger partial charge in [-0.1, -0.05) is 6.07 Å². The number of phenolic OH excluding ortho intramolecular Hbond substituents is 1. The summed E-state index contributed by atoms with van der Waals surface area (Å²) in [6.07, 6.45) is 7.29. The molecule has 4 nitrogen and oxygen atoms in total.